The summed E-state index contributed by atoms with van der Waals surface area (Å²) in [7, 11) is 0. The lowest BCUT2D eigenvalue weighted by Gasteiger charge is -2.35. The first kappa shape index (κ1) is 18.5. The first-order valence-electron chi connectivity index (χ1n) is 7.32. The highest BCUT2D eigenvalue weighted by Crippen LogP contribution is 2.49. The van der Waals surface area contributed by atoms with Crippen molar-refractivity contribution < 1.29 is 32.7 Å². The van der Waals surface area contributed by atoms with Gasteiger partial charge in [0.05, 0.1) is 23.7 Å². The van der Waals surface area contributed by atoms with E-state index in [9.17, 15) is 28.1 Å². The highest BCUT2D eigenvalue weighted by Gasteiger charge is 2.55. The molecule has 12 heteroatoms. The van der Waals surface area contributed by atoms with Crippen molar-refractivity contribution in [2.24, 2.45) is 10.9 Å². The highest BCUT2D eigenvalue weighted by molar-refractivity contribution is 8.13. The Balaban J connectivity index is 2.20. The number of hydrogen-bond acceptors (Lipinski definition) is 6. The van der Waals surface area contributed by atoms with E-state index in [1.54, 1.807) is 0 Å². The molecule has 3 rings (SSSR count). The number of aliphatic imine (C=N–C) groups is 1. The van der Waals surface area contributed by atoms with Gasteiger partial charge in [-0.3, -0.25) is 15.4 Å². The maximum atomic E-state index is 14.5. The van der Waals surface area contributed by atoms with Gasteiger partial charge in [-0.05, 0) is 0 Å². The van der Waals surface area contributed by atoms with E-state index in [2.05, 4.69) is 4.99 Å². The van der Waals surface area contributed by atoms with Crippen LogP contribution < -0.4 is 5.32 Å². The van der Waals surface area contributed by atoms with Crippen molar-refractivity contribution in [3.63, 3.8) is 0 Å². The van der Waals surface area contributed by atoms with Crippen molar-refractivity contribution in [3.05, 3.63) is 39.4 Å². The van der Waals surface area contributed by atoms with Crippen LogP contribution in [0, 0.1) is 27.7 Å². The van der Waals surface area contributed by atoms with E-state index in [0.29, 0.717) is 6.07 Å². The SMILES string of the molecule is O=C(O)NC1=N[C@@]2(c3cc([N+](=O)[O-])cc(F)c3F)CO[C@H](CF)[C@H]2CS1. The molecule has 140 valence electrons. The zero-order chi connectivity index (χ0) is 19.1. The molecule has 26 heavy (non-hydrogen) atoms. The third-order valence-electron chi connectivity index (χ3n) is 4.34. The second-order valence-corrected chi connectivity index (χ2v) is 6.75. The van der Waals surface area contributed by atoms with Crippen LogP contribution in [-0.4, -0.2) is 46.4 Å². The van der Waals surface area contributed by atoms with E-state index in [0.717, 1.165) is 17.8 Å². The topological polar surface area (TPSA) is 114 Å². The molecule has 1 saturated heterocycles. The van der Waals surface area contributed by atoms with Crippen molar-refractivity contribution in [2.75, 3.05) is 19.0 Å². The number of nitro benzene ring substituents is 1. The number of amidine groups is 1. The number of alkyl halides is 1. The number of nitro groups is 1. The molecular formula is C14H12F3N3O5S. The summed E-state index contributed by atoms with van der Waals surface area (Å²) in [6.07, 6.45) is -2.39. The van der Waals surface area contributed by atoms with Gasteiger partial charge < -0.3 is 9.84 Å². The van der Waals surface area contributed by atoms with E-state index in [4.69, 9.17) is 9.84 Å². The van der Waals surface area contributed by atoms with Crippen LogP contribution in [0.15, 0.2) is 17.1 Å². The molecule has 2 N–H and O–H groups in total. The third-order valence-corrected chi connectivity index (χ3v) is 5.33. The Bertz CT molecular complexity index is 808. The number of hydrogen-bond donors (Lipinski definition) is 2. The normalized spacial score (nSPS) is 27.6. The van der Waals surface area contributed by atoms with Gasteiger partial charge in [0.25, 0.3) is 5.69 Å². The average molecular weight is 391 g/mol. The van der Waals surface area contributed by atoms with Gasteiger partial charge in [-0.2, -0.15) is 0 Å². The van der Waals surface area contributed by atoms with Gasteiger partial charge in [0.1, 0.15) is 12.2 Å². The number of benzene rings is 1. The van der Waals surface area contributed by atoms with Gasteiger partial charge in [-0.25, -0.2) is 23.0 Å². The van der Waals surface area contributed by atoms with E-state index >= 15 is 0 Å². The summed E-state index contributed by atoms with van der Waals surface area (Å²) in [6, 6.07) is 1.26. The molecule has 3 atom stereocenters. The summed E-state index contributed by atoms with van der Waals surface area (Å²) in [4.78, 5) is 25.1. The Labute approximate surface area is 148 Å². The molecule has 1 aromatic rings. The standard InChI is InChI=1S/C14H12F3N3O5S/c15-3-10-8-4-26-12(18-13(21)22)19-14(8,5-25-10)7-1-6(20(23)24)2-9(16)11(7)17/h1-2,8,10H,3-5H2,(H,18,19)(H,21,22)/t8-,10-,14-/m1/s1. The van der Waals surface area contributed by atoms with Crippen molar-refractivity contribution in [2.45, 2.75) is 11.6 Å². The summed E-state index contributed by atoms with van der Waals surface area (Å²) < 4.78 is 47.1. The summed E-state index contributed by atoms with van der Waals surface area (Å²) >= 11 is 0.962. The van der Waals surface area contributed by atoms with Crippen molar-refractivity contribution in [3.8, 4) is 0 Å². The fraction of sp³-hybridized carbons (Fsp3) is 0.429. The van der Waals surface area contributed by atoms with Crippen molar-refractivity contribution >= 4 is 28.7 Å². The first-order valence-corrected chi connectivity index (χ1v) is 8.31. The average Bonchev–Trinajstić information content (AvgIpc) is 2.95. The number of carboxylic acid groups (broad SMARTS) is 1. The highest BCUT2D eigenvalue weighted by atomic mass is 32.2. The lowest BCUT2D eigenvalue weighted by Crippen LogP contribution is -2.44. The van der Waals surface area contributed by atoms with E-state index in [1.807, 2.05) is 5.32 Å². The molecule has 0 aliphatic carbocycles. The number of non-ortho nitro benzene ring substituents is 1. The van der Waals surface area contributed by atoms with Gasteiger partial charge in [0.15, 0.2) is 16.8 Å². The monoisotopic (exact) mass is 391 g/mol. The predicted molar refractivity (Wildman–Crippen MR) is 84.9 cm³/mol. The molecular weight excluding hydrogens is 379 g/mol. The number of ether oxygens (including phenoxy) is 1. The molecule has 0 bridgehead atoms. The van der Waals surface area contributed by atoms with Crippen LogP contribution in [0.4, 0.5) is 23.7 Å². The van der Waals surface area contributed by atoms with Crippen LogP contribution in [0.1, 0.15) is 5.56 Å². The van der Waals surface area contributed by atoms with Gasteiger partial charge in [-0.1, -0.05) is 11.8 Å². The molecule has 0 unspecified atom stereocenters. The van der Waals surface area contributed by atoms with Gasteiger partial charge in [0.2, 0.25) is 0 Å². The minimum absolute atomic E-state index is 0.108. The number of amides is 1. The first-order chi connectivity index (χ1) is 12.3. The molecule has 1 aromatic carbocycles. The number of halogens is 3. The van der Waals surface area contributed by atoms with E-state index in [-0.39, 0.29) is 17.5 Å². The van der Waals surface area contributed by atoms with Crippen LogP contribution >= 0.6 is 11.8 Å². The van der Waals surface area contributed by atoms with Crippen LogP contribution in [0.5, 0.6) is 0 Å². The van der Waals surface area contributed by atoms with E-state index < -0.39 is 58.1 Å². The molecule has 2 aliphatic heterocycles. The quantitative estimate of drug-likeness (QED) is 0.604. The fourth-order valence-electron chi connectivity index (χ4n) is 3.15. The largest absolute Gasteiger partial charge is 0.465 e. The molecule has 2 heterocycles. The number of fused-ring (bicyclic) bond motifs is 1. The molecule has 0 aromatic heterocycles. The minimum atomic E-state index is -1.67. The number of carbonyl (C=O) groups is 1. The van der Waals surface area contributed by atoms with Gasteiger partial charge in [0, 0.05) is 23.3 Å². The number of thioether (sulfide) groups is 1. The number of nitrogens with one attached hydrogen (secondary N) is 1. The molecule has 1 fully saturated rings. The summed E-state index contributed by atoms with van der Waals surface area (Å²) in [5.74, 6) is -3.47. The molecule has 0 spiro atoms. The Morgan fingerprint density at radius 2 is 2.27 bits per heavy atom. The number of rotatable bonds is 3. The van der Waals surface area contributed by atoms with E-state index in [1.165, 1.54) is 0 Å². The molecule has 1 amide bonds. The molecule has 0 radical (unpaired) electrons. The molecule has 2 aliphatic rings. The van der Waals surface area contributed by atoms with Crippen LogP contribution in [0.25, 0.3) is 0 Å². The smallest absolute Gasteiger partial charge is 0.410 e. The maximum absolute atomic E-state index is 14.5. The van der Waals surface area contributed by atoms with Crippen LogP contribution in [0.3, 0.4) is 0 Å². The van der Waals surface area contributed by atoms with Crippen LogP contribution in [0.2, 0.25) is 0 Å². The third kappa shape index (κ3) is 2.98. The summed E-state index contributed by atoms with van der Waals surface area (Å²) in [6.45, 7) is -1.28. The Kier molecular flexibility index (Phi) is 4.80. The minimum Gasteiger partial charge on any atom is -0.465 e. The van der Waals surface area contributed by atoms with Crippen molar-refractivity contribution in [1.29, 1.82) is 0 Å². The summed E-state index contributed by atoms with van der Waals surface area (Å²) in [5, 5.41) is 21.8. The molecule has 0 saturated carbocycles. The molecule has 8 nitrogen and oxygen atoms in total. The van der Waals surface area contributed by atoms with Gasteiger partial charge >= 0.3 is 6.09 Å². The van der Waals surface area contributed by atoms with Gasteiger partial charge in [-0.15, -0.1) is 0 Å². The zero-order valence-corrected chi connectivity index (χ0v) is 13.8. The number of nitrogens with zero attached hydrogens (tertiary/aromatic N) is 2. The Morgan fingerprint density at radius 3 is 2.88 bits per heavy atom. The Hall–Kier alpha value is -2.34. The van der Waals surface area contributed by atoms with Crippen LogP contribution in [-0.2, 0) is 10.3 Å². The lowest BCUT2D eigenvalue weighted by molar-refractivity contribution is -0.385. The fourth-order valence-corrected chi connectivity index (χ4v) is 4.36. The maximum Gasteiger partial charge on any atom is 0.410 e. The second-order valence-electron chi connectivity index (χ2n) is 5.74. The second kappa shape index (κ2) is 6.76. The van der Waals surface area contributed by atoms with Crippen molar-refractivity contribution in [1.82, 2.24) is 5.32 Å². The summed E-state index contributed by atoms with van der Waals surface area (Å²) in [5.41, 5.74) is -2.83. The Morgan fingerprint density at radius 1 is 1.54 bits per heavy atom. The zero-order valence-electron chi connectivity index (χ0n) is 12.9. The predicted octanol–water partition coefficient (Wildman–Crippen LogP) is 2.42. The lowest BCUT2D eigenvalue weighted by atomic mass is 9.78.